The van der Waals surface area contributed by atoms with E-state index in [0.29, 0.717) is 11.8 Å². The summed E-state index contributed by atoms with van der Waals surface area (Å²) >= 11 is 0. The van der Waals surface area contributed by atoms with Crippen LogP contribution in [0, 0.1) is 11.3 Å². The van der Waals surface area contributed by atoms with Gasteiger partial charge in [-0.3, -0.25) is 4.79 Å². The van der Waals surface area contributed by atoms with E-state index in [1.807, 2.05) is 6.20 Å². The van der Waals surface area contributed by atoms with E-state index in [9.17, 15) is 4.79 Å². The summed E-state index contributed by atoms with van der Waals surface area (Å²) < 4.78 is 11.9. The van der Waals surface area contributed by atoms with Gasteiger partial charge in [0.2, 0.25) is 11.8 Å². The molecule has 0 unspecified atom stereocenters. The number of amides is 1. The molecule has 1 aromatic carbocycles. The van der Waals surface area contributed by atoms with Crippen molar-refractivity contribution in [2.75, 3.05) is 11.4 Å². The quantitative estimate of drug-likeness (QED) is 0.275. The van der Waals surface area contributed by atoms with Crippen LogP contribution in [0.4, 0.5) is 5.69 Å². The average molecular weight is 543 g/mol. The number of anilines is 1. The first-order valence-electron chi connectivity index (χ1n) is 15.8. The van der Waals surface area contributed by atoms with Crippen LogP contribution in [-0.4, -0.2) is 27.6 Å². The number of rotatable bonds is 9. The lowest BCUT2D eigenvalue weighted by Gasteiger charge is -2.53. The molecule has 0 N–H and O–H groups in total. The molecule has 1 amide bonds. The van der Waals surface area contributed by atoms with Crippen molar-refractivity contribution in [1.29, 1.82) is 0 Å². The van der Waals surface area contributed by atoms with Crippen LogP contribution < -0.4 is 4.90 Å². The van der Waals surface area contributed by atoms with Crippen molar-refractivity contribution in [2.45, 2.75) is 115 Å². The number of benzene rings is 1. The Labute approximate surface area is 237 Å². The molecule has 5 aliphatic rings. The van der Waals surface area contributed by atoms with Gasteiger partial charge in [0.05, 0.1) is 6.20 Å². The minimum Gasteiger partial charge on any atom is -0.441 e. The van der Waals surface area contributed by atoms with E-state index in [0.717, 1.165) is 118 Å². The zero-order valence-electron chi connectivity index (χ0n) is 23.9. The van der Waals surface area contributed by atoms with Gasteiger partial charge in [-0.15, -0.1) is 0 Å². The number of nitrogens with zero attached hydrogens (tertiary/aromatic N) is 4. The van der Waals surface area contributed by atoms with Crippen molar-refractivity contribution in [3.63, 3.8) is 0 Å². The first kappa shape index (κ1) is 26.0. The summed E-state index contributed by atoms with van der Waals surface area (Å²) in [4.78, 5) is 25.7. The van der Waals surface area contributed by atoms with Gasteiger partial charge in [0.25, 0.3) is 0 Å². The van der Waals surface area contributed by atoms with E-state index in [1.54, 1.807) is 0 Å². The molecule has 2 bridgehead atoms. The van der Waals surface area contributed by atoms with E-state index < -0.39 is 0 Å². The van der Waals surface area contributed by atoms with E-state index >= 15 is 0 Å². The number of aryl methyl sites for hydroxylation is 1. The lowest BCUT2D eigenvalue weighted by atomic mass is 9.53. The summed E-state index contributed by atoms with van der Waals surface area (Å²) in [6.45, 7) is 2.92. The lowest BCUT2D eigenvalue weighted by Crippen LogP contribution is -2.51. The highest BCUT2D eigenvalue weighted by Crippen LogP contribution is 2.58. The Hall–Kier alpha value is -2.96. The topological polar surface area (TPSA) is 85.3 Å². The molecule has 40 heavy (non-hydrogen) atoms. The Bertz CT molecular complexity index is 1320. The number of hydrogen-bond donors (Lipinski definition) is 0. The average Bonchev–Trinajstić information content (AvgIpc) is 3.53. The van der Waals surface area contributed by atoms with Crippen LogP contribution in [0.2, 0.25) is 0 Å². The van der Waals surface area contributed by atoms with Gasteiger partial charge < -0.3 is 13.8 Å². The van der Waals surface area contributed by atoms with Crippen LogP contribution in [0.25, 0.3) is 11.3 Å². The molecular formula is C33H42N4O3. The molecule has 2 heterocycles. The van der Waals surface area contributed by atoms with Gasteiger partial charge in [-0.25, -0.2) is 4.98 Å². The van der Waals surface area contributed by atoms with E-state index in [4.69, 9.17) is 13.9 Å². The molecular weight excluding hydrogens is 500 g/mol. The molecule has 0 spiro atoms. The third-order valence-corrected chi connectivity index (χ3v) is 10.4. The molecule has 7 nitrogen and oxygen atoms in total. The number of carbonyl (C=O) groups is 1. The third kappa shape index (κ3) is 4.90. The van der Waals surface area contributed by atoms with Crippen molar-refractivity contribution in [3.05, 3.63) is 48.1 Å². The Morgan fingerprint density at radius 3 is 2.52 bits per heavy atom. The van der Waals surface area contributed by atoms with Crippen LogP contribution in [0.15, 0.2) is 39.4 Å². The first-order chi connectivity index (χ1) is 19.6. The SMILES string of the molecule is CCCc1ncc(-c2cccc(N(CC34CCC(c5nc(C6CC6)no5)(CC3)CC4)C(=O)C3CCCCC3)c2)o1. The van der Waals surface area contributed by atoms with Gasteiger partial charge >= 0.3 is 0 Å². The van der Waals surface area contributed by atoms with E-state index in [1.165, 1.54) is 19.3 Å². The highest BCUT2D eigenvalue weighted by Gasteiger charge is 2.53. The molecule has 5 saturated carbocycles. The number of aromatic nitrogens is 3. The molecule has 0 saturated heterocycles. The van der Waals surface area contributed by atoms with E-state index in [-0.39, 0.29) is 16.7 Å². The maximum atomic E-state index is 14.2. The minimum absolute atomic E-state index is 0.0303. The first-order valence-corrected chi connectivity index (χ1v) is 15.8. The predicted octanol–water partition coefficient (Wildman–Crippen LogP) is 7.76. The van der Waals surface area contributed by atoms with Crippen LogP contribution >= 0.6 is 0 Å². The summed E-state index contributed by atoms with van der Waals surface area (Å²) in [6.07, 6.45) is 18.1. The van der Waals surface area contributed by atoms with Crippen molar-refractivity contribution in [2.24, 2.45) is 11.3 Å². The van der Waals surface area contributed by atoms with Crippen molar-refractivity contribution in [3.8, 4) is 11.3 Å². The highest BCUT2D eigenvalue weighted by molar-refractivity contribution is 5.95. The van der Waals surface area contributed by atoms with Gasteiger partial charge in [-0.1, -0.05) is 43.5 Å². The maximum absolute atomic E-state index is 14.2. The second kappa shape index (κ2) is 10.5. The number of carbonyl (C=O) groups excluding carboxylic acids is 1. The molecule has 0 aliphatic heterocycles. The molecule has 5 aliphatic carbocycles. The third-order valence-electron chi connectivity index (χ3n) is 10.4. The highest BCUT2D eigenvalue weighted by atomic mass is 16.5. The second-order valence-electron chi connectivity index (χ2n) is 13.2. The summed E-state index contributed by atoms with van der Waals surface area (Å²) in [7, 11) is 0. The lowest BCUT2D eigenvalue weighted by molar-refractivity contribution is -0.124. The fourth-order valence-electron chi connectivity index (χ4n) is 7.58. The van der Waals surface area contributed by atoms with Gasteiger partial charge in [-0.05, 0) is 88.2 Å². The minimum atomic E-state index is 0.0303. The monoisotopic (exact) mass is 542 g/mol. The Balaban J connectivity index is 1.14. The fraction of sp³-hybridized carbons (Fsp3) is 0.636. The van der Waals surface area contributed by atoms with Crippen LogP contribution in [-0.2, 0) is 16.6 Å². The van der Waals surface area contributed by atoms with Gasteiger partial charge in [0.1, 0.15) is 0 Å². The number of hydrogen-bond acceptors (Lipinski definition) is 6. The summed E-state index contributed by atoms with van der Waals surface area (Å²) in [5.41, 5.74) is 2.15. The molecule has 7 heteroatoms. The molecule has 8 rings (SSSR count). The fourth-order valence-corrected chi connectivity index (χ4v) is 7.58. The molecule has 2 aromatic heterocycles. The van der Waals surface area contributed by atoms with Gasteiger partial charge in [0, 0.05) is 41.5 Å². The zero-order chi connectivity index (χ0) is 27.2. The van der Waals surface area contributed by atoms with Gasteiger partial charge in [0.15, 0.2) is 17.5 Å². The van der Waals surface area contributed by atoms with Gasteiger partial charge in [-0.2, -0.15) is 4.98 Å². The van der Waals surface area contributed by atoms with E-state index in [2.05, 4.69) is 46.2 Å². The standard InChI is InChI=1S/C33H42N4O3/c1-2-7-28-34-21-27(39-28)25-10-6-11-26(20-25)37(30(38)24-8-4-3-5-9-24)22-32-14-17-33(18-15-32,19-16-32)31-35-29(36-40-31)23-12-13-23/h6,10-11,20-21,23-24H,2-5,7-9,12-19,22H2,1H3. The molecule has 3 aromatic rings. The number of fused-ring (bicyclic) bond motifs is 3. The zero-order valence-corrected chi connectivity index (χ0v) is 23.9. The predicted molar refractivity (Wildman–Crippen MR) is 153 cm³/mol. The summed E-state index contributed by atoms with van der Waals surface area (Å²) in [6, 6.07) is 8.38. The molecule has 212 valence electrons. The van der Waals surface area contributed by atoms with Crippen LogP contribution in [0.1, 0.15) is 120 Å². The largest absolute Gasteiger partial charge is 0.441 e. The smallest absolute Gasteiger partial charge is 0.232 e. The molecule has 0 atom stereocenters. The second-order valence-corrected chi connectivity index (χ2v) is 13.2. The van der Waals surface area contributed by atoms with Crippen LogP contribution in [0.3, 0.4) is 0 Å². The van der Waals surface area contributed by atoms with Crippen molar-refractivity contribution in [1.82, 2.24) is 15.1 Å². The summed E-state index contributed by atoms with van der Waals surface area (Å²) in [5, 5.41) is 4.34. The Morgan fingerprint density at radius 1 is 1.02 bits per heavy atom. The van der Waals surface area contributed by atoms with Crippen LogP contribution in [0.5, 0.6) is 0 Å². The summed E-state index contributed by atoms with van der Waals surface area (Å²) in [5.74, 6) is 4.30. The maximum Gasteiger partial charge on any atom is 0.232 e. The molecule has 0 radical (unpaired) electrons. The van der Waals surface area contributed by atoms with Crippen molar-refractivity contribution >= 4 is 11.6 Å². The van der Waals surface area contributed by atoms with Crippen molar-refractivity contribution < 1.29 is 13.7 Å². The Morgan fingerprint density at radius 2 is 1.80 bits per heavy atom. The Kier molecular flexibility index (Phi) is 6.79. The normalized spacial score (nSPS) is 26.7. The number of oxazole rings is 1. The molecule has 5 fully saturated rings.